The molecule has 0 spiro atoms. The van der Waals surface area contributed by atoms with Gasteiger partial charge in [0.15, 0.2) is 5.78 Å². The zero-order chi connectivity index (χ0) is 18.6. The molecule has 1 aromatic heterocycles. The molecule has 2 amide bonds. The predicted octanol–water partition coefficient (Wildman–Crippen LogP) is 2.05. The minimum absolute atomic E-state index is 0.00669. The van der Waals surface area contributed by atoms with Gasteiger partial charge in [0, 0.05) is 30.9 Å². The van der Waals surface area contributed by atoms with Crippen LogP contribution in [0.2, 0.25) is 0 Å². The number of nitrogens with zero attached hydrogens (tertiary/aromatic N) is 2. The number of amides is 2. The summed E-state index contributed by atoms with van der Waals surface area (Å²) in [4.78, 5) is 38.2. The number of hydrogen-bond donors (Lipinski definition) is 1. The molecule has 0 fully saturated rings. The second-order valence-electron chi connectivity index (χ2n) is 6.03. The molecule has 1 rings (SSSR count). The monoisotopic (exact) mass is 337 g/mol. The molecule has 0 unspecified atom stereocenters. The minimum atomic E-state index is -0.484. The summed E-state index contributed by atoms with van der Waals surface area (Å²) >= 11 is 0. The minimum Gasteiger partial charge on any atom is -0.464 e. The second kappa shape index (κ2) is 7.99. The molecule has 7 nitrogen and oxygen atoms in total. The van der Waals surface area contributed by atoms with E-state index in [1.54, 1.807) is 25.5 Å². The fraction of sp³-hybridized carbons (Fsp3) is 0.588. The Bertz CT molecular complexity index is 647. The summed E-state index contributed by atoms with van der Waals surface area (Å²) in [5, 5.41) is 2.78. The molecule has 0 atom stereocenters. The number of hydrogen-bond acceptors (Lipinski definition) is 4. The number of carbonyl (C=O) groups excluding carboxylic acids is 3. The van der Waals surface area contributed by atoms with Crippen molar-refractivity contribution in [3.8, 4) is 0 Å². The number of carbonyl (C=O) groups is 3. The molecule has 0 aliphatic heterocycles. The number of ketones is 1. The Morgan fingerprint density at radius 1 is 1.25 bits per heavy atom. The Balaban J connectivity index is 3.11. The normalized spacial score (nSPS) is 10.7. The third kappa shape index (κ3) is 3.96. The lowest BCUT2D eigenvalue weighted by Crippen LogP contribution is -2.45. The van der Waals surface area contributed by atoms with Gasteiger partial charge in [-0.3, -0.25) is 4.79 Å². The molecule has 1 N–H and O–H groups in total. The SMILES string of the molecule is CCN(CC(=O)c1c(C)c(C(=O)OC)n(C)c1C)C(=O)NC(C)C. The van der Waals surface area contributed by atoms with E-state index in [2.05, 4.69) is 5.32 Å². The van der Waals surface area contributed by atoms with Crippen molar-refractivity contribution in [2.24, 2.45) is 7.05 Å². The highest BCUT2D eigenvalue weighted by Crippen LogP contribution is 2.22. The lowest BCUT2D eigenvalue weighted by molar-refractivity contribution is 0.0588. The van der Waals surface area contributed by atoms with E-state index in [1.165, 1.54) is 12.0 Å². The van der Waals surface area contributed by atoms with Crippen LogP contribution in [0.5, 0.6) is 0 Å². The summed E-state index contributed by atoms with van der Waals surface area (Å²) < 4.78 is 6.44. The predicted molar refractivity (Wildman–Crippen MR) is 91.5 cm³/mol. The molecule has 0 bridgehead atoms. The van der Waals surface area contributed by atoms with Crippen molar-refractivity contribution < 1.29 is 19.1 Å². The van der Waals surface area contributed by atoms with E-state index in [9.17, 15) is 14.4 Å². The van der Waals surface area contributed by atoms with Crippen molar-refractivity contribution in [3.63, 3.8) is 0 Å². The first-order valence-electron chi connectivity index (χ1n) is 7.98. The third-order valence-electron chi connectivity index (χ3n) is 4.00. The number of likely N-dealkylation sites (N-methyl/N-ethyl adjacent to an activating group) is 1. The zero-order valence-corrected chi connectivity index (χ0v) is 15.5. The van der Waals surface area contributed by atoms with Crippen LogP contribution in [-0.4, -0.2) is 53.5 Å². The molecule has 134 valence electrons. The molecule has 1 heterocycles. The number of ether oxygens (including phenoxy) is 1. The number of esters is 1. The number of aromatic nitrogens is 1. The van der Waals surface area contributed by atoms with E-state index < -0.39 is 5.97 Å². The van der Waals surface area contributed by atoms with Crippen LogP contribution in [-0.2, 0) is 11.8 Å². The topological polar surface area (TPSA) is 80.6 Å². The fourth-order valence-corrected chi connectivity index (χ4v) is 2.69. The summed E-state index contributed by atoms with van der Waals surface area (Å²) in [7, 11) is 3.02. The van der Waals surface area contributed by atoms with Gasteiger partial charge >= 0.3 is 12.0 Å². The van der Waals surface area contributed by atoms with Gasteiger partial charge < -0.3 is 19.5 Å². The molecule has 0 saturated carbocycles. The van der Waals surface area contributed by atoms with E-state index in [-0.39, 0.29) is 24.4 Å². The van der Waals surface area contributed by atoms with Crippen LogP contribution in [0, 0.1) is 13.8 Å². The summed E-state index contributed by atoms with van der Waals surface area (Å²) in [5.74, 6) is -0.682. The average Bonchev–Trinajstić information content (AvgIpc) is 2.73. The number of urea groups is 1. The van der Waals surface area contributed by atoms with Crippen molar-refractivity contribution in [1.29, 1.82) is 0 Å². The van der Waals surface area contributed by atoms with Crippen LogP contribution in [0.15, 0.2) is 0 Å². The Morgan fingerprint density at radius 3 is 2.29 bits per heavy atom. The van der Waals surface area contributed by atoms with Crippen LogP contribution in [0.25, 0.3) is 0 Å². The summed E-state index contributed by atoms with van der Waals surface area (Å²) in [6.45, 7) is 9.41. The van der Waals surface area contributed by atoms with Gasteiger partial charge in [0.05, 0.1) is 13.7 Å². The molecule has 0 aliphatic rings. The lowest BCUT2D eigenvalue weighted by atomic mass is 10.1. The van der Waals surface area contributed by atoms with Gasteiger partial charge in [0.2, 0.25) is 0 Å². The summed E-state index contributed by atoms with van der Waals surface area (Å²) in [6.07, 6.45) is 0. The van der Waals surface area contributed by atoms with Crippen molar-refractivity contribution in [2.45, 2.75) is 40.7 Å². The molecular weight excluding hydrogens is 310 g/mol. The number of nitrogens with one attached hydrogen (secondary N) is 1. The Hall–Kier alpha value is -2.31. The molecule has 7 heteroatoms. The zero-order valence-electron chi connectivity index (χ0n) is 15.5. The van der Waals surface area contributed by atoms with E-state index in [1.807, 2.05) is 20.8 Å². The van der Waals surface area contributed by atoms with Crippen molar-refractivity contribution in [2.75, 3.05) is 20.2 Å². The van der Waals surface area contributed by atoms with E-state index >= 15 is 0 Å². The van der Waals surface area contributed by atoms with E-state index in [0.29, 0.717) is 29.1 Å². The van der Waals surface area contributed by atoms with Crippen LogP contribution >= 0.6 is 0 Å². The first-order chi connectivity index (χ1) is 11.1. The first-order valence-corrected chi connectivity index (χ1v) is 7.98. The molecule has 0 aliphatic carbocycles. The molecular formula is C17H27N3O4. The van der Waals surface area contributed by atoms with Gasteiger partial charge in [-0.05, 0) is 40.2 Å². The molecule has 0 radical (unpaired) electrons. The summed E-state index contributed by atoms with van der Waals surface area (Å²) in [5.41, 5.74) is 2.08. The number of Topliss-reactive ketones (excluding diaryl/α,β-unsaturated/α-hetero) is 1. The van der Waals surface area contributed by atoms with Crippen molar-refractivity contribution in [1.82, 2.24) is 14.8 Å². The maximum Gasteiger partial charge on any atom is 0.354 e. The van der Waals surface area contributed by atoms with Gasteiger partial charge in [-0.15, -0.1) is 0 Å². The van der Waals surface area contributed by atoms with Crippen LogP contribution in [0.4, 0.5) is 4.79 Å². The van der Waals surface area contributed by atoms with Gasteiger partial charge in [0.25, 0.3) is 0 Å². The first kappa shape index (κ1) is 19.7. The highest BCUT2D eigenvalue weighted by atomic mass is 16.5. The molecule has 24 heavy (non-hydrogen) atoms. The van der Waals surface area contributed by atoms with Gasteiger partial charge in [-0.25, -0.2) is 9.59 Å². The van der Waals surface area contributed by atoms with Crippen LogP contribution < -0.4 is 5.32 Å². The molecule has 0 saturated heterocycles. The number of methoxy groups -OCH3 is 1. The Kier molecular flexibility index (Phi) is 6.57. The van der Waals surface area contributed by atoms with Crippen LogP contribution in [0.3, 0.4) is 0 Å². The van der Waals surface area contributed by atoms with E-state index in [0.717, 1.165) is 0 Å². The maximum atomic E-state index is 12.7. The Morgan fingerprint density at radius 2 is 1.83 bits per heavy atom. The average molecular weight is 337 g/mol. The molecule has 1 aromatic rings. The second-order valence-corrected chi connectivity index (χ2v) is 6.03. The standard InChI is InChI=1S/C17H27N3O4/c1-8-20(17(23)18-10(2)3)9-13(21)14-11(4)15(16(22)24-7)19(6)12(14)5/h10H,8-9H2,1-7H3,(H,18,23). The highest BCUT2D eigenvalue weighted by Gasteiger charge is 2.27. The van der Waals surface area contributed by atoms with Crippen molar-refractivity contribution >= 4 is 17.8 Å². The fourth-order valence-electron chi connectivity index (χ4n) is 2.69. The third-order valence-corrected chi connectivity index (χ3v) is 4.00. The number of rotatable bonds is 6. The largest absolute Gasteiger partial charge is 0.464 e. The highest BCUT2D eigenvalue weighted by molar-refractivity contribution is 6.04. The molecule has 0 aromatic carbocycles. The van der Waals surface area contributed by atoms with Crippen molar-refractivity contribution in [3.05, 3.63) is 22.5 Å². The summed E-state index contributed by atoms with van der Waals surface area (Å²) in [6, 6.07) is -0.284. The maximum absolute atomic E-state index is 12.7. The Labute approximate surface area is 143 Å². The quantitative estimate of drug-likeness (QED) is 0.636. The van der Waals surface area contributed by atoms with E-state index in [4.69, 9.17) is 4.74 Å². The van der Waals surface area contributed by atoms with Gasteiger partial charge in [0.1, 0.15) is 5.69 Å². The smallest absolute Gasteiger partial charge is 0.354 e. The van der Waals surface area contributed by atoms with Crippen LogP contribution in [0.1, 0.15) is 52.9 Å². The van der Waals surface area contributed by atoms with Gasteiger partial charge in [-0.1, -0.05) is 0 Å². The van der Waals surface area contributed by atoms with Gasteiger partial charge in [-0.2, -0.15) is 0 Å². The lowest BCUT2D eigenvalue weighted by Gasteiger charge is -2.22.